The quantitative estimate of drug-likeness (QED) is 0.551. The summed E-state index contributed by atoms with van der Waals surface area (Å²) in [5.41, 5.74) is 3.08. The second kappa shape index (κ2) is 6.58. The molecule has 3 heteroatoms. The molecule has 0 fully saturated rings. The maximum Gasteiger partial charge on any atom is 0.0281 e. The van der Waals surface area contributed by atoms with Crippen LogP contribution in [0.2, 0.25) is 0 Å². The van der Waals surface area contributed by atoms with Crippen molar-refractivity contribution in [3.05, 3.63) is 0 Å². The predicted molar refractivity (Wildman–Crippen MR) is 49.4 cm³/mol. The Labute approximate surface area is 70.1 Å². The third kappa shape index (κ3) is 5.18. The fraction of sp³-hybridized carbons (Fsp3) is 1.00. The van der Waals surface area contributed by atoms with Crippen molar-refractivity contribution in [1.82, 2.24) is 15.8 Å². The van der Waals surface area contributed by atoms with E-state index >= 15 is 0 Å². The summed E-state index contributed by atoms with van der Waals surface area (Å²) in [6, 6.07) is 0.609. The normalized spacial score (nSPS) is 13.9. The molecule has 0 aliphatic carbocycles. The first-order valence-electron chi connectivity index (χ1n) is 4.30. The van der Waals surface area contributed by atoms with E-state index in [1.54, 1.807) is 0 Å². The molecule has 0 amide bonds. The maximum atomic E-state index is 3.29. The molecule has 0 aliphatic rings. The van der Waals surface area contributed by atoms with Crippen LogP contribution < -0.4 is 10.7 Å². The van der Waals surface area contributed by atoms with Crippen molar-refractivity contribution in [2.45, 2.75) is 25.8 Å². The third-order valence-corrected chi connectivity index (χ3v) is 1.92. The molecule has 1 atom stereocenters. The molecule has 0 aliphatic heterocycles. The Morgan fingerprint density at radius 3 is 2.36 bits per heavy atom. The van der Waals surface area contributed by atoms with E-state index in [4.69, 9.17) is 0 Å². The molecule has 0 rings (SSSR count). The molecule has 0 saturated carbocycles. The van der Waals surface area contributed by atoms with Gasteiger partial charge in [-0.15, -0.1) is 0 Å². The van der Waals surface area contributed by atoms with Gasteiger partial charge in [-0.1, -0.05) is 13.3 Å². The predicted octanol–water partition coefficient (Wildman–Crippen LogP) is 0.441. The monoisotopic (exact) mass is 159 g/mol. The number of hydrazine groups is 1. The smallest absolute Gasteiger partial charge is 0.0281 e. The Morgan fingerprint density at radius 1 is 1.36 bits per heavy atom. The Morgan fingerprint density at radius 2 is 2.00 bits per heavy atom. The number of nitrogens with zero attached hydrogens (tertiary/aromatic N) is 1. The zero-order valence-corrected chi connectivity index (χ0v) is 8.15. The second-order valence-electron chi connectivity index (χ2n) is 2.88. The molecular formula is C8H21N3. The summed E-state index contributed by atoms with van der Waals surface area (Å²) < 4.78 is 0. The summed E-state index contributed by atoms with van der Waals surface area (Å²) in [7, 11) is 6.02. The zero-order chi connectivity index (χ0) is 8.69. The second-order valence-corrected chi connectivity index (χ2v) is 2.88. The van der Waals surface area contributed by atoms with E-state index in [0.29, 0.717) is 6.04 Å². The molecule has 0 radical (unpaired) electrons. The third-order valence-electron chi connectivity index (χ3n) is 1.92. The summed E-state index contributed by atoms with van der Waals surface area (Å²) in [5.74, 6) is 0. The van der Waals surface area contributed by atoms with Gasteiger partial charge < -0.3 is 5.32 Å². The van der Waals surface area contributed by atoms with Crippen LogP contribution in [0.15, 0.2) is 0 Å². The molecule has 2 N–H and O–H groups in total. The summed E-state index contributed by atoms with van der Waals surface area (Å²) >= 11 is 0. The largest absolute Gasteiger partial charge is 0.316 e. The standard InChI is InChI=1S/C8H21N3/c1-5-6-8(9-2)7-11(4)10-3/h8-10H,5-7H2,1-4H3. The molecule has 0 aromatic rings. The summed E-state index contributed by atoms with van der Waals surface area (Å²) in [6.07, 6.45) is 2.48. The van der Waals surface area contributed by atoms with Crippen molar-refractivity contribution in [1.29, 1.82) is 0 Å². The SMILES string of the molecule is CCCC(CN(C)NC)NC. The van der Waals surface area contributed by atoms with Crippen LogP contribution >= 0.6 is 0 Å². The highest BCUT2D eigenvalue weighted by atomic mass is 15.5. The minimum absolute atomic E-state index is 0.609. The highest BCUT2D eigenvalue weighted by Gasteiger charge is 2.05. The van der Waals surface area contributed by atoms with E-state index in [1.807, 2.05) is 14.1 Å². The van der Waals surface area contributed by atoms with Gasteiger partial charge in [0.25, 0.3) is 0 Å². The highest BCUT2D eigenvalue weighted by Crippen LogP contribution is 1.96. The lowest BCUT2D eigenvalue weighted by atomic mass is 10.2. The average Bonchev–Trinajstić information content (AvgIpc) is 2.03. The molecule has 3 nitrogen and oxygen atoms in total. The Kier molecular flexibility index (Phi) is 6.51. The van der Waals surface area contributed by atoms with Crippen LogP contribution in [0.4, 0.5) is 0 Å². The zero-order valence-electron chi connectivity index (χ0n) is 8.15. The molecule has 0 heterocycles. The minimum Gasteiger partial charge on any atom is -0.316 e. The molecule has 0 bridgehead atoms. The van der Waals surface area contributed by atoms with Gasteiger partial charge in [0.05, 0.1) is 0 Å². The van der Waals surface area contributed by atoms with E-state index in [0.717, 1.165) is 6.54 Å². The molecule has 11 heavy (non-hydrogen) atoms. The molecule has 68 valence electrons. The molecular weight excluding hydrogens is 138 g/mol. The van der Waals surface area contributed by atoms with Crippen molar-refractivity contribution >= 4 is 0 Å². The van der Waals surface area contributed by atoms with Crippen LogP contribution in [0, 0.1) is 0 Å². The van der Waals surface area contributed by atoms with Gasteiger partial charge in [0.1, 0.15) is 0 Å². The lowest BCUT2D eigenvalue weighted by Gasteiger charge is -2.22. The van der Waals surface area contributed by atoms with Gasteiger partial charge in [-0.3, -0.25) is 5.43 Å². The van der Waals surface area contributed by atoms with E-state index in [9.17, 15) is 0 Å². The maximum absolute atomic E-state index is 3.29. The first-order chi connectivity index (χ1) is 5.24. The van der Waals surface area contributed by atoms with Crippen LogP contribution in [-0.4, -0.2) is 38.7 Å². The summed E-state index contributed by atoms with van der Waals surface area (Å²) in [4.78, 5) is 0. The van der Waals surface area contributed by atoms with Crippen LogP contribution in [0.5, 0.6) is 0 Å². The molecule has 0 aromatic heterocycles. The summed E-state index contributed by atoms with van der Waals surface area (Å²) in [6.45, 7) is 3.27. The molecule has 0 aromatic carbocycles. The van der Waals surface area contributed by atoms with E-state index in [-0.39, 0.29) is 0 Å². The minimum atomic E-state index is 0.609. The molecule has 0 spiro atoms. The van der Waals surface area contributed by atoms with Gasteiger partial charge in [0.2, 0.25) is 0 Å². The Bertz CT molecular complexity index is 85.4. The lowest BCUT2D eigenvalue weighted by molar-refractivity contribution is 0.227. The van der Waals surface area contributed by atoms with Crippen LogP contribution in [0.25, 0.3) is 0 Å². The Hall–Kier alpha value is -0.120. The fourth-order valence-electron chi connectivity index (χ4n) is 1.10. The Balaban J connectivity index is 3.49. The summed E-state index contributed by atoms with van der Waals surface area (Å²) in [5, 5.41) is 5.38. The number of hydrogen-bond acceptors (Lipinski definition) is 3. The van der Waals surface area contributed by atoms with Gasteiger partial charge in [-0.2, -0.15) is 0 Å². The van der Waals surface area contributed by atoms with Gasteiger partial charge in [-0.25, -0.2) is 5.01 Å². The average molecular weight is 159 g/mol. The van der Waals surface area contributed by atoms with Gasteiger partial charge in [0, 0.05) is 19.6 Å². The van der Waals surface area contributed by atoms with Gasteiger partial charge in [0.15, 0.2) is 0 Å². The van der Waals surface area contributed by atoms with Crippen molar-refractivity contribution in [3.63, 3.8) is 0 Å². The van der Waals surface area contributed by atoms with Gasteiger partial charge in [-0.05, 0) is 20.5 Å². The number of rotatable bonds is 6. The van der Waals surface area contributed by atoms with Crippen molar-refractivity contribution in [2.24, 2.45) is 0 Å². The number of likely N-dealkylation sites (N-methyl/N-ethyl adjacent to an activating group) is 2. The van der Waals surface area contributed by atoms with Crippen LogP contribution in [0.3, 0.4) is 0 Å². The van der Waals surface area contributed by atoms with Crippen molar-refractivity contribution in [3.8, 4) is 0 Å². The van der Waals surface area contributed by atoms with Crippen molar-refractivity contribution in [2.75, 3.05) is 27.7 Å². The first-order valence-corrected chi connectivity index (χ1v) is 4.30. The fourth-order valence-corrected chi connectivity index (χ4v) is 1.10. The van der Waals surface area contributed by atoms with Gasteiger partial charge >= 0.3 is 0 Å². The highest BCUT2D eigenvalue weighted by molar-refractivity contribution is 4.65. The number of hydrogen-bond donors (Lipinski definition) is 2. The van der Waals surface area contributed by atoms with Crippen molar-refractivity contribution < 1.29 is 0 Å². The topological polar surface area (TPSA) is 27.3 Å². The molecule has 1 unspecified atom stereocenters. The van der Waals surface area contributed by atoms with E-state index in [2.05, 4.69) is 29.7 Å². The van der Waals surface area contributed by atoms with E-state index in [1.165, 1.54) is 12.8 Å². The lowest BCUT2D eigenvalue weighted by Crippen LogP contribution is -2.42. The van der Waals surface area contributed by atoms with Crippen LogP contribution in [0.1, 0.15) is 19.8 Å². The van der Waals surface area contributed by atoms with Crippen LogP contribution in [-0.2, 0) is 0 Å². The first kappa shape index (κ1) is 10.9. The molecule has 0 saturated heterocycles. The van der Waals surface area contributed by atoms with E-state index < -0.39 is 0 Å². The number of nitrogens with one attached hydrogen (secondary N) is 2.